The summed E-state index contributed by atoms with van der Waals surface area (Å²) in [4.78, 5) is 10.9. The Bertz CT molecular complexity index is 694. The van der Waals surface area contributed by atoms with E-state index in [0.29, 0.717) is 11.6 Å². The molecular formula is C17H16ClN2O2-. The van der Waals surface area contributed by atoms with Crippen LogP contribution in [0.25, 0.3) is 0 Å². The lowest BCUT2D eigenvalue weighted by atomic mass is 10.0. The summed E-state index contributed by atoms with van der Waals surface area (Å²) in [6, 6.07) is 12.6. The van der Waals surface area contributed by atoms with Gasteiger partial charge in [0.15, 0.2) is 0 Å². The summed E-state index contributed by atoms with van der Waals surface area (Å²) in [5, 5.41) is 15.1. The number of benzene rings is 2. The third-order valence-corrected chi connectivity index (χ3v) is 3.53. The van der Waals surface area contributed by atoms with E-state index in [2.05, 4.69) is 36.5 Å². The van der Waals surface area contributed by atoms with Gasteiger partial charge in [0.2, 0.25) is 0 Å². The molecule has 1 N–H and O–H groups in total. The summed E-state index contributed by atoms with van der Waals surface area (Å²) in [7, 11) is 0. The van der Waals surface area contributed by atoms with Crippen LogP contribution in [0.3, 0.4) is 0 Å². The molecule has 0 saturated heterocycles. The Kier molecular flexibility index (Phi) is 5.17. The van der Waals surface area contributed by atoms with Crippen molar-refractivity contribution in [1.82, 2.24) is 0 Å². The van der Waals surface area contributed by atoms with Crippen molar-refractivity contribution in [3.8, 4) is 0 Å². The Morgan fingerprint density at radius 2 is 1.91 bits per heavy atom. The zero-order valence-corrected chi connectivity index (χ0v) is 13.1. The van der Waals surface area contributed by atoms with Gasteiger partial charge in [-0.3, -0.25) is 5.43 Å². The van der Waals surface area contributed by atoms with Crippen molar-refractivity contribution in [3.05, 3.63) is 64.2 Å². The summed E-state index contributed by atoms with van der Waals surface area (Å²) in [5.74, 6) is -0.830. The Hall–Kier alpha value is -2.33. The van der Waals surface area contributed by atoms with Crippen LogP contribution in [0.15, 0.2) is 47.6 Å². The van der Waals surface area contributed by atoms with E-state index in [0.717, 1.165) is 5.56 Å². The molecule has 0 aromatic heterocycles. The molecule has 0 atom stereocenters. The number of halogens is 1. The molecule has 0 unspecified atom stereocenters. The Morgan fingerprint density at radius 3 is 2.50 bits per heavy atom. The van der Waals surface area contributed by atoms with E-state index < -0.39 is 5.97 Å². The van der Waals surface area contributed by atoms with Crippen molar-refractivity contribution in [3.63, 3.8) is 0 Å². The third kappa shape index (κ3) is 4.09. The Balaban J connectivity index is 2.06. The largest absolute Gasteiger partial charge is 0.545 e. The van der Waals surface area contributed by atoms with Crippen LogP contribution in [-0.2, 0) is 0 Å². The molecule has 2 aromatic rings. The van der Waals surface area contributed by atoms with E-state index in [9.17, 15) is 9.90 Å². The zero-order valence-electron chi connectivity index (χ0n) is 12.3. The molecule has 114 valence electrons. The van der Waals surface area contributed by atoms with Crippen molar-refractivity contribution >= 4 is 29.5 Å². The molecule has 0 bridgehead atoms. The van der Waals surface area contributed by atoms with Gasteiger partial charge in [-0.1, -0.05) is 49.7 Å². The van der Waals surface area contributed by atoms with Crippen molar-refractivity contribution in [2.24, 2.45) is 5.10 Å². The summed E-state index contributed by atoms with van der Waals surface area (Å²) >= 11 is 5.77. The first-order valence-electron chi connectivity index (χ1n) is 6.87. The molecular weight excluding hydrogens is 300 g/mol. The first-order valence-corrected chi connectivity index (χ1v) is 7.25. The quantitative estimate of drug-likeness (QED) is 0.680. The second-order valence-corrected chi connectivity index (χ2v) is 5.58. The average molecular weight is 316 g/mol. The van der Waals surface area contributed by atoms with Crippen molar-refractivity contribution in [1.29, 1.82) is 0 Å². The molecule has 4 nitrogen and oxygen atoms in total. The molecule has 0 aliphatic carbocycles. The lowest BCUT2D eigenvalue weighted by Gasteiger charge is -2.08. The molecule has 0 fully saturated rings. The molecule has 2 aromatic carbocycles. The maximum Gasteiger partial charge on any atom is 0.0731 e. The van der Waals surface area contributed by atoms with Crippen LogP contribution in [0.2, 0.25) is 5.02 Å². The number of carbonyl (C=O) groups excluding carboxylic acids is 1. The number of hydrogen-bond acceptors (Lipinski definition) is 4. The van der Waals surface area contributed by atoms with Gasteiger partial charge in [0.25, 0.3) is 0 Å². The molecule has 22 heavy (non-hydrogen) atoms. The van der Waals surface area contributed by atoms with Crippen LogP contribution < -0.4 is 10.5 Å². The number of hydrogen-bond donors (Lipinski definition) is 1. The Labute approximate surface area is 134 Å². The summed E-state index contributed by atoms with van der Waals surface area (Å²) in [6.07, 6.45) is 1.66. The van der Waals surface area contributed by atoms with Gasteiger partial charge in [0.1, 0.15) is 0 Å². The van der Waals surface area contributed by atoms with Crippen molar-refractivity contribution < 1.29 is 9.90 Å². The van der Waals surface area contributed by atoms with Crippen LogP contribution in [0.5, 0.6) is 0 Å². The normalized spacial score (nSPS) is 11.1. The van der Waals surface area contributed by atoms with Gasteiger partial charge in [0, 0.05) is 10.6 Å². The number of carboxylic acids is 1. The fraction of sp³-hybridized carbons (Fsp3) is 0.176. The minimum atomic E-state index is -1.32. The lowest BCUT2D eigenvalue weighted by molar-refractivity contribution is -0.255. The summed E-state index contributed by atoms with van der Waals surface area (Å²) in [5.41, 5.74) is 5.45. The summed E-state index contributed by atoms with van der Waals surface area (Å²) < 4.78 is 0. The monoisotopic (exact) mass is 315 g/mol. The number of carbonyl (C=O) groups is 1. The smallest absolute Gasteiger partial charge is 0.0731 e. The first-order chi connectivity index (χ1) is 10.5. The van der Waals surface area contributed by atoms with Gasteiger partial charge in [-0.25, -0.2) is 0 Å². The van der Waals surface area contributed by atoms with Crippen LogP contribution in [0.1, 0.15) is 41.3 Å². The number of aromatic carboxylic acids is 1. The van der Waals surface area contributed by atoms with Crippen molar-refractivity contribution in [2.45, 2.75) is 19.8 Å². The minimum Gasteiger partial charge on any atom is -0.545 e. The molecule has 5 heteroatoms. The SMILES string of the molecule is CC(C)c1ccc(/C=N\Nc2ccc(Cl)c(C(=O)[O-])c2)cc1. The molecule has 0 radical (unpaired) electrons. The maximum atomic E-state index is 10.9. The Morgan fingerprint density at radius 1 is 1.23 bits per heavy atom. The van der Waals surface area contributed by atoms with E-state index in [-0.39, 0.29) is 10.6 Å². The van der Waals surface area contributed by atoms with Gasteiger partial charge >= 0.3 is 0 Å². The van der Waals surface area contributed by atoms with Gasteiger partial charge in [0.05, 0.1) is 17.9 Å². The van der Waals surface area contributed by atoms with Gasteiger partial charge in [-0.05, 0) is 35.2 Å². The predicted octanol–water partition coefficient (Wildman–Crippen LogP) is 3.27. The number of rotatable bonds is 5. The van der Waals surface area contributed by atoms with Crippen molar-refractivity contribution in [2.75, 3.05) is 5.43 Å². The molecule has 0 spiro atoms. The second-order valence-electron chi connectivity index (χ2n) is 5.17. The fourth-order valence-electron chi connectivity index (χ4n) is 1.90. The highest BCUT2D eigenvalue weighted by molar-refractivity contribution is 6.33. The van der Waals surface area contributed by atoms with E-state index >= 15 is 0 Å². The van der Waals surface area contributed by atoms with E-state index in [1.807, 2.05) is 12.1 Å². The first kappa shape index (κ1) is 16.0. The standard InChI is InChI=1S/C17H17ClN2O2/c1-11(2)13-5-3-12(4-6-13)10-19-20-14-7-8-16(18)15(9-14)17(21)22/h3-11,20H,1-2H3,(H,21,22)/p-1/b19-10-. The van der Waals surface area contributed by atoms with Gasteiger partial charge in [-0.2, -0.15) is 5.10 Å². The highest BCUT2D eigenvalue weighted by atomic mass is 35.5. The number of carboxylic acid groups (broad SMARTS) is 1. The molecule has 0 heterocycles. The van der Waals surface area contributed by atoms with E-state index in [1.165, 1.54) is 17.7 Å². The third-order valence-electron chi connectivity index (χ3n) is 3.20. The second kappa shape index (κ2) is 7.09. The zero-order chi connectivity index (χ0) is 16.1. The predicted molar refractivity (Wildman–Crippen MR) is 87.5 cm³/mol. The number of nitrogens with zero attached hydrogens (tertiary/aromatic N) is 1. The summed E-state index contributed by atoms with van der Waals surface area (Å²) in [6.45, 7) is 4.28. The number of hydrazone groups is 1. The molecule has 0 aliphatic heterocycles. The lowest BCUT2D eigenvalue weighted by Crippen LogP contribution is -2.22. The molecule has 0 amide bonds. The van der Waals surface area contributed by atoms with Gasteiger partial charge < -0.3 is 9.90 Å². The highest BCUT2D eigenvalue weighted by Gasteiger charge is 2.02. The molecule has 0 saturated carbocycles. The van der Waals surface area contributed by atoms with Crippen LogP contribution >= 0.6 is 11.6 Å². The minimum absolute atomic E-state index is 0.0665. The van der Waals surface area contributed by atoms with Crippen LogP contribution in [-0.4, -0.2) is 12.2 Å². The van der Waals surface area contributed by atoms with Crippen LogP contribution in [0, 0.1) is 0 Å². The molecule has 0 aliphatic rings. The highest BCUT2D eigenvalue weighted by Crippen LogP contribution is 2.20. The van der Waals surface area contributed by atoms with Crippen LogP contribution in [0.4, 0.5) is 5.69 Å². The average Bonchev–Trinajstić information content (AvgIpc) is 2.49. The maximum absolute atomic E-state index is 10.9. The van der Waals surface area contributed by atoms with E-state index in [4.69, 9.17) is 11.6 Å². The molecule has 2 rings (SSSR count). The fourth-order valence-corrected chi connectivity index (χ4v) is 2.09. The van der Waals surface area contributed by atoms with E-state index in [1.54, 1.807) is 12.3 Å². The van der Waals surface area contributed by atoms with Gasteiger partial charge in [-0.15, -0.1) is 0 Å². The number of anilines is 1. The number of nitrogens with one attached hydrogen (secondary N) is 1. The topological polar surface area (TPSA) is 64.5 Å².